The Morgan fingerprint density at radius 2 is 1.67 bits per heavy atom. The average Bonchev–Trinajstić information content (AvgIpc) is 2.52. The van der Waals surface area contributed by atoms with Gasteiger partial charge in [0, 0.05) is 13.1 Å². The van der Waals surface area contributed by atoms with Gasteiger partial charge < -0.3 is 10.6 Å². The zero-order valence-corrected chi connectivity index (χ0v) is 16.0. The lowest BCUT2D eigenvalue weighted by molar-refractivity contribution is -0.0429. The third-order valence-corrected chi connectivity index (χ3v) is 4.79. The summed E-state index contributed by atoms with van der Waals surface area (Å²) in [5, 5.41) is 0. The Balaban J connectivity index is 3.66. The van der Waals surface area contributed by atoms with Crippen molar-refractivity contribution in [1.82, 2.24) is 4.90 Å². The highest BCUT2D eigenvalue weighted by atomic mass is 32.2. The Morgan fingerprint density at radius 1 is 1.15 bits per heavy atom. The molecule has 3 N–H and O–H groups in total. The van der Waals surface area contributed by atoms with E-state index >= 15 is 0 Å². The van der Waals surface area contributed by atoms with Crippen LogP contribution in [0.4, 0.5) is 18.9 Å². The molecule has 11 heteroatoms. The van der Waals surface area contributed by atoms with Gasteiger partial charge in [-0.05, 0) is 31.4 Å². The van der Waals surface area contributed by atoms with Gasteiger partial charge in [-0.1, -0.05) is 19.9 Å². The van der Waals surface area contributed by atoms with Crippen LogP contribution in [0.5, 0.6) is 0 Å². The van der Waals surface area contributed by atoms with Gasteiger partial charge in [-0.2, -0.15) is 21.6 Å². The lowest BCUT2D eigenvalue weighted by atomic mass is 10.00. The van der Waals surface area contributed by atoms with Gasteiger partial charge in [-0.3, -0.25) is 14.3 Å². The number of halogens is 3. The molecular weight excluding hydrogens is 387 g/mol. The van der Waals surface area contributed by atoms with Crippen LogP contribution >= 0.6 is 0 Å². The monoisotopic (exact) mass is 409 g/mol. The molecule has 0 heterocycles. The van der Waals surface area contributed by atoms with Crippen molar-refractivity contribution < 1.29 is 31.2 Å². The van der Waals surface area contributed by atoms with E-state index < -0.39 is 38.6 Å². The molecule has 27 heavy (non-hydrogen) atoms. The minimum absolute atomic E-state index is 0.210. The van der Waals surface area contributed by atoms with E-state index in [-0.39, 0.29) is 11.1 Å². The average molecular weight is 409 g/mol. The lowest BCUT2D eigenvalue weighted by Crippen LogP contribution is -2.36. The molecule has 0 bridgehead atoms. The summed E-state index contributed by atoms with van der Waals surface area (Å²) in [6.45, 7) is 5.70. The summed E-state index contributed by atoms with van der Waals surface area (Å²) in [4.78, 5) is 26.0. The third kappa shape index (κ3) is 5.12. The Morgan fingerprint density at radius 3 is 2.07 bits per heavy atom. The van der Waals surface area contributed by atoms with Crippen LogP contribution in [-0.2, 0) is 10.0 Å². The number of rotatable bonds is 8. The van der Waals surface area contributed by atoms with E-state index in [9.17, 15) is 31.2 Å². The molecular formula is C16H22F3N3O4S. The summed E-state index contributed by atoms with van der Waals surface area (Å²) in [7, 11) is -5.86. The fourth-order valence-corrected chi connectivity index (χ4v) is 3.10. The largest absolute Gasteiger partial charge is 0.516 e. The van der Waals surface area contributed by atoms with Gasteiger partial charge in [0.1, 0.15) is 0 Å². The fourth-order valence-electron chi connectivity index (χ4n) is 2.50. The maximum Gasteiger partial charge on any atom is 0.516 e. The highest BCUT2D eigenvalue weighted by Crippen LogP contribution is 2.31. The highest BCUT2D eigenvalue weighted by Gasteiger charge is 2.47. The number of benzene rings is 1. The van der Waals surface area contributed by atoms with Gasteiger partial charge >= 0.3 is 15.5 Å². The van der Waals surface area contributed by atoms with Gasteiger partial charge in [0.2, 0.25) is 0 Å². The highest BCUT2D eigenvalue weighted by molar-refractivity contribution is 7.93. The molecule has 0 saturated carbocycles. The first-order valence-corrected chi connectivity index (χ1v) is 9.67. The van der Waals surface area contributed by atoms with Gasteiger partial charge in [0.15, 0.2) is 0 Å². The smallest absolute Gasteiger partial charge is 0.366 e. The van der Waals surface area contributed by atoms with Crippen molar-refractivity contribution in [3.63, 3.8) is 0 Å². The lowest BCUT2D eigenvalue weighted by Gasteiger charge is -2.25. The number of primary amides is 1. The number of aryl methyl sites for hydroxylation is 1. The predicted octanol–water partition coefficient (Wildman–Crippen LogP) is 2.62. The molecule has 7 nitrogen and oxygen atoms in total. The Hall–Kier alpha value is -2.30. The van der Waals surface area contributed by atoms with Crippen molar-refractivity contribution >= 4 is 27.5 Å². The van der Waals surface area contributed by atoms with E-state index in [2.05, 4.69) is 0 Å². The number of carbonyl (C=O) groups is 2. The molecule has 0 aromatic heterocycles. The number of nitrogens with two attached hydrogens (primary N) is 1. The second kappa shape index (κ2) is 8.59. The molecule has 152 valence electrons. The molecule has 0 aliphatic rings. The van der Waals surface area contributed by atoms with Crippen LogP contribution in [0.15, 0.2) is 12.1 Å². The molecule has 0 saturated heterocycles. The van der Waals surface area contributed by atoms with E-state index in [1.807, 2.05) is 13.8 Å². The zero-order chi connectivity index (χ0) is 21.0. The van der Waals surface area contributed by atoms with Gasteiger partial charge in [0.25, 0.3) is 11.8 Å². The molecule has 1 aromatic rings. The normalized spacial score (nSPS) is 11.9. The van der Waals surface area contributed by atoms with Gasteiger partial charge in [-0.15, -0.1) is 0 Å². The van der Waals surface area contributed by atoms with Crippen LogP contribution in [0.1, 0.15) is 53.0 Å². The molecule has 0 spiro atoms. The number of carbonyl (C=O) groups excluding carboxylic acids is 2. The van der Waals surface area contributed by atoms with E-state index in [0.29, 0.717) is 25.9 Å². The van der Waals surface area contributed by atoms with Crippen molar-refractivity contribution in [2.45, 2.75) is 39.1 Å². The van der Waals surface area contributed by atoms with E-state index in [4.69, 9.17) is 5.73 Å². The summed E-state index contributed by atoms with van der Waals surface area (Å²) >= 11 is 0. The Kier molecular flexibility index (Phi) is 7.24. The van der Waals surface area contributed by atoms with Crippen molar-refractivity contribution in [1.29, 1.82) is 0 Å². The molecule has 0 atom stereocenters. The van der Waals surface area contributed by atoms with Gasteiger partial charge in [0.05, 0.1) is 16.8 Å². The number of amides is 2. The van der Waals surface area contributed by atoms with Crippen LogP contribution < -0.4 is 10.5 Å². The minimum atomic E-state index is -5.86. The first-order valence-electron chi connectivity index (χ1n) is 8.19. The molecule has 0 aliphatic carbocycles. The predicted molar refractivity (Wildman–Crippen MR) is 94.8 cm³/mol. The van der Waals surface area contributed by atoms with Crippen LogP contribution in [-0.4, -0.2) is 43.7 Å². The summed E-state index contributed by atoms with van der Waals surface area (Å²) in [5.41, 5.74) is -1.86. The van der Waals surface area contributed by atoms with Crippen molar-refractivity contribution in [2.24, 2.45) is 5.73 Å². The van der Waals surface area contributed by atoms with E-state index in [1.54, 1.807) is 0 Å². The quantitative estimate of drug-likeness (QED) is 0.688. The van der Waals surface area contributed by atoms with Crippen LogP contribution in [0.3, 0.4) is 0 Å². The zero-order valence-electron chi connectivity index (χ0n) is 15.2. The molecule has 2 amide bonds. The topological polar surface area (TPSA) is 110 Å². The molecule has 0 unspecified atom stereocenters. The summed E-state index contributed by atoms with van der Waals surface area (Å²) < 4.78 is 63.0. The van der Waals surface area contributed by atoms with Crippen molar-refractivity contribution in [2.75, 3.05) is 17.8 Å². The summed E-state index contributed by atoms with van der Waals surface area (Å²) in [6.07, 6.45) is 1.17. The van der Waals surface area contributed by atoms with Crippen molar-refractivity contribution in [3.05, 3.63) is 28.8 Å². The van der Waals surface area contributed by atoms with Crippen LogP contribution in [0.2, 0.25) is 0 Å². The maximum absolute atomic E-state index is 12.9. The van der Waals surface area contributed by atoms with Crippen LogP contribution in [0.25, 0.3) is 0 Å². The van der Waals surface area contributed by atoms with Crippen LogP contribution in [0, 0.1) is 6.92 Å². The van der Waals surface area contributed by atoms with Crippen molar-refractivity contribution in [3.8, 4) is 0 Å². The Labute approximate surface area is 155 Å². The summed E-state index contributed by atoms with van der Waals surface area (Å²) in [6, 6.07) is 2.40. The number of anilines is 1. The fraction of sp³-hybridized carbons (Fsp3) is 0.500. The number of nitrogens with zero attached hydrogens (tertiary/aromatic N) is 1. The summed E-state index contributed by atoms with van der Waals surface area (Å²) in [5.74, 6) is -1.85. The van der Waals surface area contributed by atoms with Gasteiger partial charge in [-0.25, -0.2) is 0 Å². The second-order valence-corrected chi connectivity index (χ2v) is 7.56. The number of alkyl halides is 3. The molecule has 0 radical (unpaired) electrons. The molecule has 0 aliphatic heterocycles. The number of sulfonamides is 1. The number of hydrogen-bond donors (Lipinski definition) is 2. The molecule has 1 rings (SSSR count). The first-order chi connectivity index (χ1) is 12.4. The third-order valence-electron chi connectivity index (χ3n) is 3.71. The maximum atomic E-state index is 12.9. The minimum Gasteiger partial charge on any atom is -0.366 e. The molecule has 0 fully saturated rings. The molecule has 1 aromatic carbocycles. The van der Waals surface area contributed by atoms with E-state index in [0.717, 1.165) is 6.07 Å². The first kappa shape index (κ1) is 22.7. The number of hydrogen-bond acceptors (Lipinski definition) is 4. The SMILES string of the molecule is CCCN(CCC)C(=O)c1c(C)ccc(C(N)=O)c1NS(=O)(=O)C(F)(F)F. The Bertz CT molecular complexity index is 817. The standard InChI is InChI=1S/C16H22F3N3O4S/c1-4-8-22(9-5-2)15(24)12-10(3)6-7-11(14(20)23)13(12)21-27(25,26)16(17,18)19/h6-7,21H,4-5,8-9H2,1-3H3,(H2,20,23). The second-order valence-electron chi connectivity index (χ2n) is 5.89. The van der Waals surface area contributed by atoms with E-state index in [1.165, 1.54) is 22.6 Å². The number of nitrogens with one attached hydrogen (secondary N) is 1.